The molecule has 0 unspecified atom stereocenters. The largest absolute Gasteiger partial charge is 0.454 e. The Bertz CT molecular complexity index is 3490. The normalized spacial score (nSPS) is 11.9. The van der Waals surface area contributed by atoms with E-state index in [0.29, 0.717) is 0 Å². The van der Waals surface area contributed by atoms with Crippen LogP contribution in [0.5, 0.6) is 0 Å². The molecule has 0 saturated heterocycles. The van der Waals surface area contributed by atoms with Crippen LogP contribution in [0.25, 0.3) is 73.1 Å². The third-order valence-corrected chi connectivity index (χ3v) is 13.6. The van der Waals surface area contributed by atoms with Gasteiger partial charge in [0.15, 0.2) is 5.58 Å². The third-order valence-electron chi connectivity index (χ3n) is 11.2. The molecule has 0 aliphatic carbocycles. The van der Waals surface area contributed by atoms with Gasteiger partial charge in [0.2, 0.25) is 0 Å². The van der Waals surface area contributed by atoms with Gasteiger partial charge in [-0.25, -0.2) is 0 Å². The van der Waals surface area contributed by atoms with E-state index in [1.807, 2.05) is 22.7 Å². The quantitative estimate of drug-likeness (QED) is 0.168. The minimum Gasteiger partial charge on any atom is -0.454 e. The molecule has 0 spiro atoms. The topological polar surface area (TPSA) is 19.6 Å². The summed E-state index contributed by atoms with van der Waals surface area (Å²) in [6.45, 7) is 0. The first-order valence-corrected chi connectivity index (χ1v) is 20.8. The molecule has 268 valence electrons. The predicted octanol–water partition coefficient (Wildman–Crippen LogP) is 16.4. The molecule has 0 aliphatic rings. The second kappa shape index (κ2) is 12.8. The monoisotopic (exact) mass is 764 g/mol. The van der Waals surface area contributed by atoms with Crippen molar-refractivity contribution in [2.45, 2.75) is 0 Å². The maximum atomic E-state index is 7.19. The van der Waals surface area contributed by atoms with Crippen molar-refractivity contribution in [2.24, 2.45) is 0 Å². The third kappa shape index (κ3) is 5.10. The van der Waals surface area contributed by atoms with Crippen LogP contribution in [0.3, 0.4) is 0 Å². The molecule has 3 nitrogen and oxygen atoms in total. The standard InChI is InChI=1S/C52H32N2OS2/c1-3-16-35(17-4-1)53(37-26-29-49-43(32-37)39-21-10-11-24-47(39)56-49)50-44(28-27-40-42-30-33-14-7-8-15-34(33)31-46(42)55-51(40)50)54(36-18-5-2-6-19-36)45-23-13-22-41-38-20-9-12-25-48(38)57-52(41)45/h1-32H. The van der Waals surface area contributed by atoms with E-state index < -0.39 is 0 Å². The van der Waals surface area contributed by atoms with Crippen LogP contribution < -0.4 is 9.80 Å². The van der Waals surface area contributed by atoms with E-state index in [1.54, 1.807) is 0 Å². The van der Waals surface area contributed by atoms with Gasteiger partial charge in [0.1, 0.15) is 11.3 Å². The van der Waals surface area contributed by atoms with Gasteiger partial charge in [-0.2, -0.15) is 0 Å². The summed E-state index contributed by atoms with van der Waals surface area (Å²) < 4.78 is 12.3. The summed E-state index contributed by atoms with van der Waals surface area (Å²) in [5.41, 5.74) is 7.98. The van der Waals surface area contributed by atoms with Crippen LogP contribution >= 0.6 is 22.7 Å². The highest BCUT2D eigenvalue weighted by molar-refractivity contribution is 7.26. The fourth-order valence-corrected chi connectivity index (χ4v) is 10.9. The molecule has 0 fully saturated rings. The molecule has 12 aromatic rings. The Morgan fingerprint density at radius 3 is 1.74 bits per heavy atom. The lowest BCUT2D eigenvalue weighted by molar-refractivity contribution is 0.669. The predicted molar refractivity (Wildman–Crippen MR) is 246 cm³/mol. The van der Waals surface area contributed by atoms with Crippen LogP contribution in [-0.4, -0.2) is 0 Å². The molecule has 3 heterocycles. The zero-order valence-corrected chi connectivity index (χ0v) is 32.2. The molecular formula is C52H32N2OS2. The number of fused-ring (bicyclic) bond motifs is 10. The highest BCUT2D eigenvalue weighted by Crippen LogP contribution is 2.53. The van der Waals surface area contributed by atoms with Gasteiger partial charge in [-0.15, -0.1) is 22.7 Å². The van der Waals surface area contributed by atoms with Crippen molar-refractivity contribution in [1.82, 2.24) is 0 Å². The van der Waals surface area contributed by atoms with E-state index in [4.69, 9.17) is 4.42 Å². The first-order valence-electron chi connectivity index (χ1n) is 19.2. The summed E-state index contributed by atoms with van der Waals surface area (Å²) in [5, 5.41) is 9.55. The molecule has 0 atom stereocenters. The lowest BCUT2D eigenvalue weighted by atomic mass is 10.0. The Hall–Kier alpha value is -6.92. The van der Waals surface area contributed by atoms with Gasteiger partial charge in [0.25, 0.3) is 0 Å². The smallest absolute Gasteiger partial charge is 0.161 e. The van der Waals surface area contributed by atoms with Crippen LogP contribution in [-0.2, 0) is 0 Å². The highest BCUT2D eigenvalue weighted by Gasteiger charge is 2.29. The van der Waals surface area contributed by atoms with Gasteiger partial charge in [-0.3, -0.25) is 0 Å². The fraction of sp³-hybridized carbons (Fsp3) is 0. The molecule has 0 radical (unpaired) electrons. The van der Waals surface area contributed by atoms with Gasteiger partial charge in [0, 0.05) is 63.5 Å². The molecule has 0 aliphatic heterocycles. The molecule has 57 heavy (non-hydrogen) atoms. The van der Waals surface area contributed by atoms with Crippen LogP contribution in [0.2, 0.25) is 0 Å². The molecule has 0 amide bonds. The number of hydrogen-bond acceptors (Lipinski definition) is 5. The summed E-state index contributed by atoms with van der Waals surface area (Å²) >= 11 is 3.69. The first-order chi connectivity index (χ1) is 28.3. The van der Waals surface area contributed by atoms with E-state index in [2.05, 4.69) is 204 Å². The Balaban J connectivity index is 1.23. The number of anilines is 6. The molecule has 0 N–H and O–H groups in total. The second-order valence-corrected chi connectivity index (χ2v) is 16.6. The van der Waals surface area contributed by atoms with E-state index in [9.17, 15) is 0 Å². The molecule has 5 heteroatoms. The van der Waals surface area contributed by atoms with Crippen molar-refractivity contribution in [3.8, 4) is 0 Å². The average Bonchev–Trinajstić information content (AvgIpc) is 3.96. The Kier molecular flexibility index (Phi) is 7.27. The molecule has 3 aromatic heterocycles. The zero-order valence-electron chi connectivity index (χ0n) is 30.6. The van der Waals surface area contributed by atoms with Gasteiger partial charge in [-0.1, -0.05) is 109 Å². The summed E-state index contributed by atoms with van der Waals surface area (Å²) in [6.07, 6.45) is 0. The molecule has 0 bridgehead atoms. The summed E-state index contributed by atoms with van der Waals surface area (Å²) in [4.78, 5) is 4.84. The summed E-state index contributed by atoms with van der Waals surface area (Å²) in [6, 6.07) is 70.2. The Labute approximate surface area is 336 Å². The minimum absolute atomic E-state index is 0.835. The lowest BCUT2D eigenvalue weighted by Crippen LogP contribution is -2.17. The van der Waals surface area contributed by atoms with Crippen molar-refractivity contribution in [2.75, 3.05) is 9.80 Å². The Morgan fingerprint density at radius 2 is 0.965 bits per heavy atom. The Morgan fingerprint density at radius 1 is 0.351 bits per heavy atom. The van der Waals surface area contributed by atoms with Crippen LogP contribution in [0.1, 0.15) is 0 Å². The van der Waals surface area contributed by atoms with Crippen molar-refractivity contribution < 1.29 is 4.42 Å². The number of para-hydroxylation sites is 2. The average molecular weight is 765 g/mol. The maximum absolute atomic E-state index is 7.19. The van der Waals surface area contributed by atoms with Crippen LogP contribution in [0, 0.1) is 0 Å². The number of rotatable bonds is 6. The van der Waals surface area contributed by atoms with Crippen molar-refractivity contribution in [1.29, 1.82) is 0 Å². The first kappa shape index (κ1) is 32.3. The van der Waals surface area contributed by atoms with E-state index in [0.717, 1.165) is 61.4 Å². The van der Waals surface area contributed by atoms with Gasteiger partial charge < -0.3 is 14.2 Å². The number of thiophene rings is 2. The number of furan rings is 1. The number of benzene rings is 9. The van der Waals surface area contributed by atoms with Gasteiger partial charge >= 0.3 is 0 Å². The summed E-state index contributed by atoms with van der Waals surface area (Å²) in [7, 11) is 0. The highest BCUT2D eigenvalue weighted by atomic mass is 32.1. The van der Waals surface area contributed by atoms with Crippen LogP contribution in [0.4, 0.5) is 34.1 Å². The van der Waals surface area contributed by atoms with Gasteiger partial charge in [0.05, 0.1) is 16.1 Å². The van der Waals surface area contributed by atoms with Crippen molar-refractivity contribution in [3.63, 3.8) is 0 Å². The molecule has 12 rings (SSSR count). The van der Waals surface area contributed by atoms with Gasteiger partial charge in [-0.05, 0) is 95.7 Å². The number of nitrogens with zero attached hydrogens (tertiary/aromatic N) is 2. The molecule has 0 saturated carbocycles. The van der Waals surface area contributed by atoms with Crippen molar-refractivity contribution >= 4 is 130 Å². The maximum Gasteiger partial charge on any atom is 0.161 e. The van der Waals surface area contributed by atoms with Crippen molar-refractivity contribution in [3.05, 3.63) is 194 Å². The minimum atomic E-state index is 0.835. The second-order valence-electron chi connectivity index (χ2n) is 14.5. The molecular weight excluding hydrogens is 733 g/mol. The van der Waals surface area contributed by atoms with E-state index in [1.165, 1.54) is 45.7 Å². The van der Waals surface area contributed by atoms with E-state index >= 15 is 0 Å². The fourth-order valence-electron chi connectivity index (χ4n) is 8.63. The van der Waals surface area contributed by atoms with E-state index in [-0.39, 0.29) is 0 Å². The summed E-state index contributed by atoms with van der Waals surface area (Å²) in [5.74, 6) is 0. The number of hydrogen-bond donors (Lipinski definition) is 0. The lowest BCUT2D eigenvalue weighted by Gasteiger charge is -2.33. The van der Waals surface area contributed by atoms with Crippen LogP contribution in [0.15, 0.2) is 199 Å². The zero-order chi connectivity index (χ0) is 37.5. The molecule has 9 aromatic carbocycles. The SMILES string of the molecule is c1ccc(N(c2ccc3sc4ccccc4c3c2)c2c(N(c3ccccc3)c3cccc4c3sc3ccccc34)ccc3c2oc2cc4ccccc4cc23)cc1.